The SMILES string of the molecule is CCOc1ccc(C(=O)Nc2cccc(C(=O)CC3=NC(C)(C)Cc4ccc(OC)cc43)c2)cc1. The van der Waals surface area contributed by atoms with Gasteiger partial charge in [0.1, 0.15) is 11.5 Å². The van der Waals surface area contributed by atoms with Crippen molar-refractivity contribution in [2.75, 3.05) is 19.0 Å². The highest BCUT2D eigenvalue weighted by Gasteiger charge is 2.28. The summed E-state index contributed by atoms with van der Waals surface area (Å²) < 4.78 is 10.8. The predicted octanol–water partition coefficient (Wildman–Crippen LogP) is 5.74. The van der Waals surface area contributed by atoms with E-state index in [1.165, 1.54) is 0 Å². The van der Waals surface area contributed by atoms with Crippen LogP contribution in [0.25, 0.3) is 0 Å². The van der Waals surface area contributed by atoms with Crippen LogP contribution in [0.15, 0.2) is 71.7 Å². The molecular formula is C29H30N2O4. The van der Waals surface area contributed by atoms with Gasteiger partial charge in [0.05, 0.1) is 31.4 Å². The first-order valence-corrected chi connectivity index (χ1v) is 11.7. The number of anilines is 1. The molecule has 0 saturated carbocycles. The lowest BCUT2D eigenvalue weighted by atomic mass is 9.85. The van der Waals surface area contributed by atoms with Crippen molar-refractivity contribution in [1.82, 2.24) is 0 Å². The molecule has 1 heterocycles. The minimum Gasteiger partial charge on any atom is -0.497 e. The second kappa shape index (κ2) is 10.1. The summed E-state index contributed by atoms with van der Waals surface area (Å²) in [4.78, 5) is 30.8. The van der Waals surface area contributed by atoms with Crippen LogP contribution < -0.4 is 14.8 Å². The van der Waals surface area contributed by atoms with Gasteiger partial charge in [-0.05, 0) is 81.3 Å². The van der Waals surface area contributed by atoms with E-state index in [-0.39, 0.29) is 23.7 Å². The number of Topliss-reactive ketones (excluding diaryl/α,β-unsaturated/α-hetero) is 1. The van der Waals surface area contributed by atoms with E-state index in [9.17, 15) is 9.59 Å². The molecular weight excluding hydrogens is 440 g/mol. The Kier molecular flexibility index (Phi) is 7.01. The van der Waals surface area contributed by atoms with Gasteiger partial charge in [0.25, 0.3) is 5.91 Å². The number of hydrogen-bond acceptors (Lipinski definition) is 5. The van der Waals surface area contributed by atoms with E-state index < -0.39 is 0 Å². The highest BCUT2D eigenvalue weighted by molar-refractivity contribution is 6.17. The third kappa shape index (κ3) is 5.77. The first-order valence-electron chi connectivity index (χ1n) is 11.7. The van der Waals surface area contributed by atoms with Crippen molar-refractivity contribution in [3.8, 4) is 11.5 Å². The molecule has 0 saturated heterocycles. The molecule has 6 heteroatoms. The fourth-order valence-corrected chi connectivity index (χ4v) is 4.27. The molecule has 0 aliphatic carbocycles. The monoisotopic (exact) mass is 470 g/mol. The number of amides is 1. The van der Waals surface area contributed by atoms with Gasteiger partial charge in [0.2, 0.25) is 0 Å². The number of ketones is 1. The minimum atomic E-state index is -0.287. The molecule has 3 aromatic rings. The molecule has 0 fully saturated rings. The van der Waals surface area contributed by atoms with Gasteiger partial charge in [-0.2, -0.15) is 0 Å². The predicted molar refractivity (Wildman–Crippen MR) is 138 cm³/mol. The molecule has 6 nitrogen and oxygen atoms in total. The van der Waals surface area contributed by atoms with Gasteiger partial charge in [0.15, 0.2) is 5.78 Å². The molecule has 4 rings (SSSR count). The summed E-state index contributed by atoms with van der Waals surface area (Å²) in [6.45, 7) is 6.62. The maximum Gasteiger partial charge on any atom is 0.255 e. The Hall–Kier alpha value is -3.93. The zero-order valence-electron chi connectivity index (χ0n) is 20.6. The van der Waals surface area contributed by atoms with Crippen LogP contribution in [0.3, 0.4) is 0 Å². The molecule has 0 bridgehead atoms. The molecule has 0 spiro atoms. The van der Waals surface area contributed by atoms with E-state index in [2.05, 4.69) is 19.2 Å². The summed E-state index contributed by atoms with van der Waals surface area (Å²) in [6.07, 6.45) is 0.969. The van der Waals surface area contributed by atoms with Gasteiger partial charge in [0, 0.05) is 22.4 Å². The van der Waals surface area contributed by atoms with Crippen LogP contribution in [0.4, 0.5) is 5.69 Å². The molecule has 1 amide bonds. The number of rotatable bonds is 8. The van der Waals surface area contributed by atoms with Crippen LogP contribution in [0.1, 0.15) is 59.0 Å². The highest BCUT2D eigenvalue weighted by Crippen LogP contribution is 2.31. The largest absolute Gasteiger partial charge is 0.497 e. The lowest BCUT2D eigenvalue weighted by Crippen LogP contribution is -2.30. The first kappa shape index (κ1) is 24.2. The molecule has 0 aromatic heterocycles. The van der Waals surface area contributed by atoms with Crippen molar-refractivity contribution in [3.63, 3.8) is 0 Å². The summed E-state index contributed by atoms with van der Waals surface area (Å²) in [7, 11) is 1.63. The van der Waals surface area contributed by atoms with Crippen LogP contribution >= 0.6 is 0 Å². The van der Waals surface area contributed by atoms with Crippen molar-refractivity contribution >= 4 is 23.1 Å². The summed E-state index contributed by atoms with van der Waals surface area (Å²) in [5.74, 6) is 1.14. The number of nitrogens with zero attached hydrogens (tertiary/aromatic N) is 1. The molecule has 3 aromatic carbocycles. The molecule has 0 radical (unpaired) electrons. The second-order valence-electron chi connectivity index (χ2n) is 9.16. The average Bonchev–Trinajstić information content (AvgIpc) is 2.84. The molecule has 0 atom stereocenters. The number of benzene rings is 3. The van der Waals surface area contributed by atoms with Crippen LogP contribution in [-0.4, -0.2) is 36.7 Å². The zero-order chi connectivity index (χ0) is 25.0. The van der Waals surface area contributed by atoms with E-state index in [0.29, 0.717) is 29.2 Å². The summed E-state index contributed by atoms with van der Waals surface area (Å²) in [5.41, 5.74) is 4.17. The quantitative estimate of drug-likeness (QED) is 0.426. The maximum atomic E-state index is 13.3. The smallest absolute Gasteiger partial charge is 0.255 e. The minimum absolute atomic E-state index is 0.0626. The standard InChI is InChI=1S/C29H30N2O4/c1-5-35-23-12-9-19(10-13-23)28(33)30-22-8-6-7-20(15-22)27(32)17-26-25-16-24(34-4)14-11-21(25)18-29(2,3)31-26/h6-16H,5,17-18H2,1-4H3,(H,30,33). The summed E-state index contributed by atoms with van der Waals surface area (Å²) in [6, 6.07) is 19.9. The molecule has 0 unspecified atom stereocenters. The first-order chi connectivity index (χ1) is 16.8. The lowest BCUT2D eigenvalue weighted by molar-refractivity contribution is 0.0996. The van der Waals surface area contributed by atoms with Gasteiger partial charge in [-0.15, -0.1) is 0 Å². The van der Waals surface area contributed by atoms with Crippen LogP contribution in [0.2, 0.25) is 0 Å². The number of fused-ring (bicyclic) bond motifs is 1. The number of nitrogens with one attached hydrogen (secondary N) is 1. The second-order valence-corrected chi connectivity index (χ2v) is 9.16. The fourth-order valence-electron chi connectivity index (χ4n) is 4.27. The third-order valence-corrected chi connectivity index (χ3v) is 5.89. The Balaban J connectivity index is 1.51. The molecule has 1 aliphatic heterocycles. The topological polar surface area (TPSA) is 77.0 Å². The average molecular weight is 471 g/mol. The zero-order valence-corrected chi connectivity index (χ0v) is 20.6. The number of ether oxygens (including phenoxy) is 2. The molecule has 35 heavy (non-hydrogen) atoms. The number of carbonyl (C=O) groups excluding carboxylic acids is 2. The number of hydrogen-bond donors (Lipinski definition) is 1. The Morgan fingerprint density at radius 1 is 0.971 bits per heavy atom. The van der Waals surface area contributed by atoms with Crippen molar-refractivity contribution in [1.29, 1.82) is 0 Å². The van der Waals surface area contributed by atoms with Gasteiger partial charge in [-0.25, -0.2) is 0 Å². The summed E-state index contributed by atoms with van der Waals surface area (Å²) in [5, 5.41) is 2.87. The third-order valence-electron chi connectivity index (χ3n) is 5.89. The van der Waals surface area contributed by atoms with E-state index in [0.717, 1.165) is 29.0 Å². The van der Waals surface area contributed by atoms with Gasteiger partial charge in [-0.1, -0.05) is 18.2 Å². The lowest BCUT2D eigenvalue weighted by Gasteiger charge is -2.29. The number of methoxy groups -OCH3 is 1. The number of carbonyl (C=O) groups is 2. The normalized spacial score (nSPS) is 13.9. The van der Waals surface area contributed by atoms with Crippen LogP contribution in [0, 0.1) is 0 Å². The van der Waals surface area contributed by atoms with E-state index in [1.807, 2.05) is 25.1 Å². The highest BCUT2D eigenvalue weighted by atomic mass is 16.5. The van der Waals surface area contributed by atoms with Crippen molar-refractivity contribution in [2.45, 2.75) is 39.2 Å². The molecule has 1 N–H and O–H groups in total. The Morgan fingerprint density at radius 2 is 1.71 bits per heavy atom. The van der Waals surface area contributed by atoms with Crippen molar-refractivity contribution < 1.29 is 19.1 Å². The van der Waals surface area contributed by atoms with Crippen molar-refractivity contribution in [2.24, 2.45) is 4.99 Å². The van der Waals surface area contributed by atoms with Crippen molar-refractivity contribution in [3.05, 3.63) is 89.0 Å². The fraction of sp³-hybridized carbons (Fsp3) is 0.276. The molecule has 1 aliphatic rings. The Labute approximate surface area is 206 Å². The van der Waals surface area contributed by atoms with E-state index >= 15 is 0 Å². The number of aliphatic imine (C=N–C) groups is 1. The van der Waals surface area contributed by atoms with Gasteiger partial charge < -0.3 is 14.8 Å². The molecule has 180 valence electrons. The van der Waals surface area contributed by atoms with Gasteiger partial charge >= 0.3 is 0 Å². The van der Waals surface area contributed by atoms with E-state index in [1.54, 1.807) is 55.6 Å². The van der Waals surface area contributed by atoms with Crippen LogP contribution in [-0.2, 0) is 6.42 Å². The van der Waals surface area contributed by atoms with E-state index in [4.69, 9.17) is 14.5 Å². The maximum absolute atomic E-state index is 13.3. The summed E-state index contributed by atoms with van der Waals surface area (Å²) >= 11 is 0. The van der Waals surface area contributed by atoms with Gasteiger partial charge in [-0.3, -0.25) is 14.6 Å². The Morgan fingerprint density at radius 3 is 2.43 bits per heavy atom. The Bertz CT molecular complexity index is 1280. The van der Waals surface area contributed by atoms with Crippen LogP contribution in [0.5, 0.6) is 11.5 Å².